The Bertz CT molecular complexity index is 428. The van der Waals surface area contributed by atoms with Gasteiger partial charge in [-0.15, -0.1) is 0 Å². The SMILES string of the molecule is Cc1ccc(CNC(=O)C2CCOCC2)cc1F. The van der Waals surface area contributed by atoms with Gasteiger partial charge in [-0.2, -0.15) is 0 Å². The first kappa shape index (κ1) is 13.0. The van der Waals surface area contributed by atoms with E-state index in [1.165, 1.54) is 6.07 Å². The highest BCUT2D eigenvalue weighted by Crippen LogP contribution is 2.15. The van der Waals surface area contributed by atoms with Crippen molar-refractivity contribution in [1.82, 2.24) is 5.32 Å². The monoisotopic (exact) mass is 251 g/mol. The highest BCUT2D eigenvalue weighted by atomic mass is 19.1. The van der Waals surface area contributed by atoms with Crippen LogP contribution in [-0.2, 0) is 16.1 Å². The van der Waals surface area contributed by atoms with Crippen LogP contribution in [0, 0.1) is 18.7 Å². The van der Waals surface area contributed by atoms with E-state index >= 15 is 0 Å². The zero-order chi connectivity index (χ0) is 13.0. The van der Waals surface area contributed by atoms with Gasteiger partial charge in [0, 0.05) is 25.7 Å². The molecule has 1 aromatic rings. The molecule has 0 radical (unpaired) electrons. The molecule has 1 aliphatic heterocycles. The number of amides is 1. The van der Waals surface area contributed by atoms with Gasteiger partial charge in [-0.05, 0) is 37.0 Å². The number of ether oxygens (including phenoxy) is 1. The Morgan fingerprint density at radius 2 is 2.17 bits per heavy atom. The highest BCUT2D eigenvalue weighted by Gasteiger charge is 2.20. The van der Waals surface area contributed by atoms with Gasteiger partial charge in [0.05, 0.1) is 0 Å². The van der Waals surface area contributed by atoms with Crippen molar-refractivity contribution in [2.45, 2.75) is 26.3 Å². The van der Waals surface area contributed by atoms with E-state index in [0.717, 1.165) is 18.4 Å². The number of aryl methyl sites for hydroxylation is 1. The van der Waals surface area contributed by atoms with Crippen molar-refractivity contribution < 1.29 is 13.9 Å². The first-order chi connectivity index (χ1) is 8.66. The standard InChI is InChI=1S/C14H18FNO2/c1-10-2-3-11(8-13(10)15)9-16-14(17)12-4-6-18-7-5-12/h2-3,8,12H,4-7,9H2,1H3,(H,16,17). The van der Waals surface area contributed by atoms with Crippen LogP contribution in [0.4, 0.5) is 4.39 Å². The van der Waals surface area contributed by atoms with E-state index in [9.17, 15) is 9.18 Å². The Balaban J connectivity index is 1.86. The van der Waals surface area contributed by atoms with Crippen LogP contribution in [0.5, 0.6) is 0 Å². The fourth-order valence-electron chi connectivity index (χ4n) is 2.04. The first-order valence-corrected chi connectivity index (χ1v) is 6.27. The molecule has 0 unspecified atom stereocenters. The fourth-order valence-corrected chi connectivity index (χ4v) is 2.04. The summed E-state index contributed by atoms with van der Waals surface area (Å²) in [5.74, 6) is -0.152. The van der Waals surface area contributed by atoms with Crippen LogP contribution < -0.4 is 5.32 Å². The molecular formula is C14H18FNO2. The zero-order valence-electron chi connectivity index (χ0n) is 10.5. The second-order valence-electron chi connectivity index (χ2n) is 4.69. The largest absolute Gasteiger partial charge is 0.381 e. The molecule has 1 N–H and O–H groups in total. The summed E-state index contributed by atoms with van der Waals surface area (Å²) in [6.07, 6.45) is 1.54. The smallest absolute Gasteiger partial charge is 0.223 e. The average molecular weight is 251 g/mol. The Morgan fingerprint density at radius 3 is 2.83 bits per heavy atom. The van der Waals surface area contributed by atoms with Gasteiger partial charge in [-0.25, -0.2) is 4.39 Å². The summed E-state index contributed by atoms with van der Waals surface area (Å²) < 4.78 is 18.5. The summed E-state index contributed by atoms with van der Waals surface area (Å²) in [6, 6.07) is 5.04. The Labute approximate surface area is 106 Å². The van der Waals surface area contributed by atoms with E-state index in [0.29, 0.717) is 25.3 Å². The lowest BCUT2D eigenvalue weighted by molar-refractivity contribution is -0.128. The molecule has 0 saturated carbocycles. The molecule has 0 spiro atoms. The topological polar surface area (TPSA) is 38.3 Å². The quantitative estimate of drug-likeness (QED) is 0.894. The molecular weight excluding hydrogens is 233 g/mol. The predicted molar refractivity (Wildman–Crippen MR) is 66.5 cm³/mol. The Hall–Kier alpha value is -1.42. The molecule has 1 saturated heterocycles. The van der Waals surface area contributed by atoms with E-state index in [1.54, 1.807) is 13.0 Å². The second-order valence-corrected chi connectivity index (χ2v) is 4.69. The van der Waals surface area contributed by atoms with E-state index < -0.39 is 0 Å². The van der Waals surface area contributed by atoms with Gasteiger partial charge in [0.25, 0.3) is 0 Å². The van der Waals surface area contributed by atoms with Crippen molar-refractivity contribution in [3.05, 3.63) is 35.1 Å². The van der Waals surface area contributed by atoms with E-state index in [-0.39, 0.29) is 17.6 Å². The lowest BCUT2D eigenvalue weighted by atomic mass is 9.99. The maximum absolute atomic E-state index is 13.3. The molecule has 1 heterocycles. The predicted octanol–water partition coefficient (Wildman–Crippen LogP) is 2.18. The van der Waals surface area contributed by atoms with Crippen molar-refractivity contribution in [3.63, 3.8) is 0 Å². The van der Waals surface area contributed by atoms with Crippen LogP contribution in [0.15, 0.2) is 18.2 Å². The van der Waals surface area contributed by atoms with Crippen LogP contribution in [-0.4, -0.2) is 19.1 Å². The first-order valence-electron chi connectivity index (χ1n) is 6.27. The molecule has 4 heteroatoms. The normalized spacial score (nSPS) is 16.6. The molecule has 98 valence electrons. The fraction of sp³-hybridized carbons (Fsp3) is 0.500. The molecule has 2 rings (SSSR count). The number of carbonyl (C=O) groups excluding carboxylic acids is 1. The molecule has 3 nitrogen and oxygen atoms in total. The Morgan fingerprint density at radius 1 is 1.44 bits per heavy atom. The molecule has 1 amide bonds. The summed E-state index contributed by atoms with van der Waals surface area (Å²) in [4.78, 5) is 11.9. The van der Waals surface area contributed by atoms with Crippen molar-refractivity contribution in [2.24, 2.45) is 5.92 Å². The molecule has 0 aromatic heterocycles. The molecule has 0 atom stereocenters. The number of halogens is 1. The minimum absolute atomic E-state index is 0.0362. The molecule has 1 fully saturated rings. The van der Waals surface area contributed by atoms with E-state index in [2.05, 4.69) is 5.32 Å². The van der Waals surface area contributed by atoms with Crippen molar-refractivity contribution >= 4 is 5.91 Å². The van der Waals surface area contributed by atoms with Crippen LogP contribution in [0.1, 0.15) is 24.0 Å². The third-order valence-corrected chi connectivity index (χ3v) is 3.30. The maximum Gasteiger partial charge on any atom is 0.223 e. The Kier molecular flexibility index (Phi) is 4.31. The zero-order valence-corrected chi connectivity index (χ0v) is 10.5. The van der Waals surface area contributed by atoms with E-state index in [4.69, 9.17) is 4.74 Å². The van der Waals surface area contributed by atoms with Gasteiger partial charge < -0.3 is 10.1 Å². The van der Waals surface area contributed by atoms with Gasteiger partial charge in [-0.1, -0.05) is 12.1 Å². The van der Waals surface area contributed by atoms with Crippen LogP contribution in [0.3, 0.4) is 0 Å². The van der Waals surface area contributed by atoms with Crippen molar-refractivity contribution in [1.29, 1.82) is 0 Å². The maximum atomic E-state index is 13.3. The number of benzene rings is 1. The minimum Gasteiger partial charge on any atom is -0.381 e. The summed E-state index contributed by atoms with van der Waals surface area (Å²) in [5, 5.41) is 2.85. The second kappa shape index (κ2) is 5.96. The number of carbonyl (C=O) groups is 1. The van der Waals surface area contributed by atoms with Crippen LogP contribution in [0.25, 0.3) is 0 Å². The van der Waals surface area contributed by atoms with Gasteiger partial charge in [-0.3, -0.25) is 4.79 Å². The lowest BCUT2D eigenvalue weighted by Crippen LogP contribution is -2.33. The summed E-state index contributed by atoms with van der Waals surface area (Å²) in [5.41, 5.74) is 1.41. The lowest BCUT2D eigenvalue weighted by Gasteiger charge is -2.21. The number of rotatable bonds is 3. The third kappa shape index (κ3) is 3.29. The number of hydrogen-bond donors (Lipinski definition) is 1. The summed E-state index contributed by atoms with van der Waals surface area (Å²) in [7, 11) is 0. The van der Waals surface area contributed by atoms with E-state index in [1.807, 2.05) is 6.07 Å². The minimum atomic E-state index is -0.229. The summed E-state index contributed by atoms with van der Waals surface area (Å²) in [6.45, 7) is 3.40. The van der Waals surface area contributed by atoms with Crippen LogP contribution in [0.2, 0.25) is 0 Å². The van der Waals surface area contributed by atoms with Gasteiger partial charge in [0.15, 0.2) is 0 Å². The summed E-state index contributed by atoms with van der Waals surface area (Å²) >= 11 is 0. The highest BCUT2D eigenvalue weighted by molar-refractivity contribution is 5.78. The van der Waals surface area contributed by atoms with Gasteiger partial charge in [0.2, 0.25) is 5.91 Å². The van der Waals surface area contributed by atoms with Crippen molar-refractivity contribution in [3.8, 4) is 0 Å². The molecule has 0 aliphatic carbocycles. The number of hydrogen-bond acceptors (Lipinski definition) is 2. The van der Waals surface area contributed by atoms with Crippen LogP contribution >= 0.6 is 0 Å². The van der Waals surface area contributed by atoms with Gasteiger partial charge >= 0.3 is 0 Å². The van der Waals surface area contributed by atoms with Gasteiger partial charge in [0.1, 0.15) is 5.82 Å². The third-order valence-electron chi connectivity index (χ3n) is 3.30. The molecule has 0 bridgehead atoms. The molecule has 1 aromatic carbocycles. The number of nitrogens with one attached hydrogen (secondary N) is 1. The molecule has 1 aliphatic rings. The van der Waals surface area contributed by atoms with Crippen molar-refractivity contribution in [2.75, 3.05) is 13.2 Å². The molecule has 18 heavy (non-hydrogen) atoms. The average Bonchev–Trinajstić information content (AvgIpc) is 2.41.